The van der Waals surface area contributed by atoms with Crippen molar-refractivity contribution < 1.29 is 14.3 Å². The highest BCUT2D eigenvalue weighted by Crippen LogP contribution is 2.49. The van der Waals surface area contributed by atoms with E-state index in [2.05, 4.69) is 26.5 Å². The highest BCUT2D eigenvalue weighted by Gasteiger charge is 2.61. The van der Waals surface area contributed by atoms with E-state index in [9.17, 15) is 4.79 Å². The van der Waals surface area contributed by atoms with Crippen LogP contribution in [0.1, 0.15) is 39.5 Å². The number of rotatable bonds is 0. The molecule has 0 N–H and O–H groups in total. The Labute approximate surface area is 108 Å². The highest BCUT2D eigenvalue weighted by atomic mass is 16.6. The van der Waals surface area contributed by atoms with Crippen molar-refractivity contribution in [2.45, 2.75) is 57.3 Å². The zero-order chi connectivity index (χ0) is 12.9. The van der Waals surface area contributed by atoms with Gasteiger partial charge in [-0.3, -0.25) is 0 Å². The van der Waals surface area contributed by atoms with E-state index in [0.717, 1.165) is 25.7 Å². The molecule has 3 nitrogen and oxygen atoms in total. The molecule has 4 atom stereocenters. The lowest BCUT2D eigenvalue weighted by Gasteiger charge is -2.19. The molecule has 2 saturated heterocycles. The van der Waals surface area contributed by atoms with Crippen molar-refractivity contribution >= 4 is 5.97 Å². The smallest absolute Gasteiger partial charge is 0.334 e. The Bertz CT molecular complexity index is 437. The van der Waals surface area contributed by atoms with Gasteiger partial charge in [0.05, 0.1) is 5.60 Å². The van der Waals surface area contributed by atoms with Crippen molar-refractivity contribution in [3.05, 3.63) is 23.8 Å². The normalized spacial score (nSPS) is 46.6. The Kier molecular flexibility index (Phi) is 2.63. The van der Waals surface area contributed by atoms with Crippen LogP contribution in [0.25, 0.3) is 0 Å². The Balaban J connectivity index is 1.87. The third-order valence-corrected chi connectivity index (χ3v) is 4.57. The van der Waals surface area contributed by atoms with Gasteiger partial charge in [-0.25, -0.2) is 4.79 Å². The third kappa shape index (κ3) is 1.81. The second-order valence-corrected chi connectivity index (χ2v) is 5.98. The molecule has 0 aromatic rings. The van der Waals surface area contributed by atoms with Crippen LogP contribution in [0.2, 0.25) is 0 Å². The maximum Gasteiger partial charge on any atom is 0.334 e. The fraction of sp³-hybridized carbons (Fsp3) is 0.667. The van der Waals surface area contributed by atoms with E-state index in [4.69, 9.17) is 9.47 Å². The highest BCUT2D eigenvalue weighted by molar-refractivity contribution is 5.91. The SMILES string of the molecule is C=C1C(=O)OC2C1CC/C(C)=C\CC[C@@]1(C)OC21. The molecular formula is C15H20O3. The summed E-state index contributed by atoms with van der Waals surface area (Å²) in [7, 11) is 0. The minimum absolute atomic E-state index is 0.0671. The van der Waals surface area contributed by atoms with E-state index >= 15 is 0 Å². The standard InChI is InChI=1S/C15H20O3/c1-9-5-4-8-15(3)13(18-15)12-11(7-6-9)10(2)14(16)17-12/h5,11-13H,2,4,6-8H2,1,3H3/b9-5-/t11?,12?,13?,15-/m1/s1. The number of ether oxygens (including phenoxy) is 2. The van der Waals surface area contributed by atoms with E-state index < -0.39 is 0 Å². The number of hydrogen-bond donors (Lipinski definition) is 0. The lowest BCUT2D eigenvalue weighted by molar-refractivity contribution is -0.140. The minimum atomic E-state index is -0.233. The van der Waals surface area contributed by atoms with Gasteiger partial charge in [0.15, 0.2) is 0 Å². The Morgan fingerprint density at radius 3 is 3.06 bits per heavy atom. The number of allylic oxidation sites excluding steroid dienone is 2. The van der Waals surface area contributed by atoms with Gasteiger partial charge in [0.25, 0.3) is 0 Å². The second kappa shape index (κ2) is 3.95. The number of carbonyl (C=O) groups is 1. The van der Waals surface area contributed by atoms with Crippen LogP contribution < -0.4 is 0 Å². The van der Waals surface area contributed by atoms with Crippen molar-refractivity contribution in [1.82, 2.24) is 0 Å². The van der Waals surface area contributed by atoms with Crippen LogP contribution in [0, 0.1) is 5.92 Å². The number of fused-ring (bicyclic) bond motifs is 3. The molecule has 3 rings (SSSR count). The maximum atomic E-state index is 11.7. The van der Waals surface area contributed by atoms with Crippen LogP contribution in [0.5, 0.6) is 0 Å². The van der Waals surface area contributed by atoms with Gasteiger partial charge in [-0.15, -0.1) is 0 Å². The van der Waals surface area contributed by atoms with Crippen molar-refractivity contribution in [2.24, 2.45) is 5.92 Å². The molecule has 0 aromatic carbocycles. The Hall–Kier alpha value is -1.09. The first-order valence-electron chi connectivity index (χ1n) is 6.74. The Morgan fingerprint density at radius 1 is 1.50 bits per heavy atom. The number of hydrogen-bond acceptors (Lipinski definition) is 3. The summed E-state index contributed by atoms with van der Waals surface area (Å²) in [5.74, 6) is -0.102. The predicted molar refractivity (Wildman–Crippen MR) is 68.0 cm³/mol. The number of carbonyl (C=O) groups excluding carboxylic acids is 1. The van der Waals surface area contributed by atoms with Crippen molar-refractivity contribution in [3.8, 4) is 0 Å². The van der Waals surface area contributed by atoms with Gasteiger partial charge in [0, 0.05) is 11.5 Å². The first-order chi connectivity index (χ1) is 8.51. The molecule has 1 aliphatic carbocycles. The molecule has 3 unspecified atom stereocenters. The molecule has 0 bridgehead atoms. The van der Waals surface area contributed by atoms with Crippen LogP contribution in [-0.4, -0.2) is 23.8 Å². The average Bonchev–Trinajstić information content (AvgIpc) is 2.90. The van der Waals surface area contributed by atoms with Gasteiger partial charge in [-0.1, -0.05) is 18.2 Å². The molecule has 0 saturated carbocycles. The van der Waals surface area contributed by atoms with Gasteiger partial charge < -0.3 is 9.47 Å². The molecule has 2 aliphatic heterocycles. The van der Waals surface area contributed by atoms with Gasteiger partial charge >= 0.3 is 5.97 Å². The molecule has 2 heterocycles. The zero-order valence-electron chi connectivity index (χ0n) is 11.1. The largest absolute Gasteiger partial charge is 0.455 e. The van der Waals surface area contributed by atoms with Crippen molar-refractivity contribution in [2.75, 3.05) is 0 Å². The molecule has 0 spiro atoms. The summed E-state index contributed by atoms with van der Waals surface area (Å²) in [5.41, 5.74) is 1.91. The van der Waals surface area contributed by atoms with Crippen molar-refractivity contribution in [3.63, 3.8) is 0 Å². The summed E-state index contributed by atoms with van der Waals surface area (Å²) in [5, 5.41) is 0. The fourth-order valence-corrected chi connectivity index (χ4v) is 3.20. The summed E-state index contributed by atoms with van der Waals surface area (Å²) in [4.78, 5) is 11.7. The monoisotopic (exact) mass is 248 g/mol. The molecule has 3 heteroatoms. The summed E-state index contributed by atoms with van der Waals surface area (Å²) in [6, 6.07) is 0. The topological polar surface area (TPSA) is 38.8 Å². The van der Waals surface area contributed by atoms with Crippen LogP contribution in [0.3, 0.4) is 0 Å². The molecule has 3 aliphatic rings. The van der Waals surface area contributed by atoms with E-state index in [1.807, 2.05) is 0 Å². The summed E-state index contributed by atoms with van der Waals surface area (Å²) in [6.07, 6.45) is 6.25. The van der Waals surface area contributed by atoms with Crippen molar-refractivity contribution in [1.29, 1.82) is 0 Å². The molecular weight excluding hydrogens is 228 g/mol. The summed E-state index contributed by atoms with van der Waals surface area (Å²) in [6.45, 7) is 8.17. The van der Waals surface area contributed by atoms with E-state index in [-0.39, 0.29) is 29.7 Å². The minimum Gasteiger partial charge on any atom is -0.455 e. The fourth-order valence-electron chi connectivity index (χ4n) is 3.20. The van der Waals surface area contributed by atoms with Gasteiger partial charge in [-0.05, 0) is 39.5 Å². The number of esters is 1. The lowest BCUT2D eigenvalue weighted by Crippen LogP contribution is -2.28. The van der Waals surface area contributed by atoms with Crippen LogP contribution in [0.15, 0.2) is 23.8 Å². The van der Waals surface area contributed by atoms with Crippen LogP contribution in [-0.2, 0) is 14.3 Å². The van der Waals surface area contributed by atoms with E-state index in [1.54, 1.807) is 0 Å². The molecule has 98 valence electrons. The summed E-state index contributed by atoms with van der Waals surface area (Å²) >= 11 is 0. The van der Waals surface area contributed by atoms with E-state index in [0.29, 0.717) is 5.57 Å². The first kappa shape index (κ1) is 12.0. The Morgan fingerprint density at radius 2 is 2.28 bits per heavy atom. The quantitative estimate of drug-likeness (QED) is 0.286. The predicted octanol–water partition coefficient (Wildman–Crippen LogP) is 2.76. The van der Waals surface area contributed by atoms with Gasteiger partial charge in [0.1, 0.15) is 12.2 Å². The van der Waals surface area contributed by atoms with Gasteiger partial charge in [-0.2, -0.15) is 0 Å². The zero-order valence-corrected chi connectivity index (χ0v) is 11.1. The van der Waals surface area contributed by atoms with Gasteiger partial charge in [0.2, 0.25) is 0 Å². The molecule has 2 fully saturated rings. The first-order valence-corrected chi connectivity index (χ1v) is 6.74. The van der Waals surface area contributed by atoms with E-state index in [1.165, 1.54) is 5.57 Å². The second-order valence-electron chi connectivity index (χ2n) is 5.98. The molecule has 0 radical (unpaired) electrons. The maximum absolute atomic E-state index is 11.7. The number of epoxide rings is 1. The van der Waals surface area contributed by atoms with Crippen LogP contribution in [0.4, 0.5) is 0 Å². The van der Waals surface area contributed by atoms with Crippen LogP contribution >= 0.6 is 0 Å². The molecule has 0 amide bonds. The lowest BCUT2D eigenvalue weighted by atomic mass is 9.84. The molecule has 18 heavy (non-hydrogen) atoms. The average molecular weight is 248 g/mol. The molecule has 0 aromatic heterocycles. The third-order valence-electron chi connectivity index (χ3n) is 4.57. The summed E-state index contributed by atoms with van der Waals surface area (Å²) < 4.78 is 11.3.